The van der Waals surface area contributed by atoms with Crippen LogP contribution in [-0.2, 0) is 4.79 Å². The maximum Gasteiger partial charge on any atom is 0.269 e. The molecule has 0 bridgehead atoms. The average Bonchev–Trinajstić information content (AvgIpc) is 3.01. The van der Waals surface area contributed by atoms with Crippen molar-refractivity contribution in [2.24, 2.45) is 0 Å². The minimum atomic E-state index is -0.418. The Labute approximate surface area is 147 Å². The summed E-state index contributed by atoms with van der Waals surface area (Å²) in [5.74, 6) is 1.08. The van der Waals surface area contributed by atoms with Crippen LogP contribution in [-0.4, -0.2) is 22.9 Å². The van der Waals surface area contributed by atoms with Crippen molar-refractivity contribution in [1.29, 1.82) is 0 Å². The summed E-state index contributed by atoms with van der Waals surface area (Å²) < 4.78 is 10.8. The van der Waals surface area contributed by atoms with Gasteiger partial charge >= 0.3 is 0 Å². The standard InChI is InChI=1S/C17H14N2O5S/c1-9-17(20)18-13-7-15-14(23-8-24-15)6-12(13)16(25-9)10-3-2-4-11(5-10)19(21)22/h2-7,9,16H,8H2,1H3,(H,18,20). The highest BCUT2D eigenvalue weighted by molar-refractivity contribution is 8.01. The Hall–Kier alpha value is -2.74. The number of rotatable bonds is 2. The number of nitro benzene ring substituents is 1. The maximum atomic E-state index is 12.3. The lowest BCUT2D eigenvalue weighted by Crippen LogP contribution is -2.20. The third-order valence-corrected chi connectivity index (χ3v) is 5.60. The van der Waals surface area contributed by atoms with E-state index in [0.29, 0.717) is 17.2 Å². The van der Waals surface area contributed by atoms with Crippen LogP contribution in [0.2, 0.25) is 0 Å². The summed E-state index contributed by atoms with van der Waals surface area (Å²) in [6.45, 7) is 1.95. The third-order valence-electron chi connectivity index (χ3n) is 4.18. The van der Waals surface area contributed by atoms with Gasteiger partial charge in [0.2, 0.25) is 12.7 Å². The second-order valence-corrected chi connectivity index (χ2v) is 7.24. The molecular weight excluding hydrogens is 344 g/mol. The molecule has 8 heteroatoms. The monoisotopic (exact) mass is 358 g/mol. The van der Waals surface area contributed by atoms with Crippen molar-refractivity contribution < 1.29 is 19.2 Å². The van der Waals surface area contributed by atoms with Crippen LogP contribution < -0.4 is 14.8 Å². The minimum Gasteiger partial charge on any atom is -0.454 e. The van der Waals surface area contributed by atoms with Crippen molar-refractivity contribution in [3.05, 3.63) is 57.6 Å². The summed E-state index contributed by atoms with van der Waals surface area (Å²) in [4.78, 5) is 23.0. The molecule has 0 radical (unpaired) electrons. The first kappa shape index (κ1) is 15.8. The number of amides is 1. The normalized spacial score (nSPS) is 21.2. The van der Waals surface area contributed by atoms with Gasteiger partial charge in [0.25, 0.3) is 5.69 Å². The number of carbonyl (C=O) groups excluding carboxylic acids is 1. The van der Waals surface area contributed by atoms with Gasteiger partial charge in [0.1, 0.15) is 0 Å². The van der Waals surface area contributed by atoms with E-state index in [4.69, 9.17) is 9.47 Å². The Kier molecular flexibility index (Phi) is 3.76. The summed E-state index contributed by atoms with van der Waals surface area (Å²) in [5.41, 5.74) is 2.27. The molecule has 0 aromatic heterocycles. The van der Waals surface area contributed by atoms with Gasteiger partial charge in [-0.05, 0) is 24.1 Å². The molecule has 2 aliphatic rings. The fourth-order valence-corrected chi connectivity index (χ4v) is 4.15. The molecule has 1 amide bonds. The van der Waals surface area contributed by atoms with Gasteiger partial charge < -0.3 is 14.8 Å². The van der Waals surface area contributed by atoms with E-state index in [1.807, 2.05) is 19.1 Å². The molecule has 0 aliphatic carbocycles. The van der Waals surface area contributed by atoms with Crippen LogP contribution in [0.3, 0.4) is 0 Å². The highest BCUT2D eigenvalue weighted by atomic mass is 32.2. The number of carbonyl (C=O) groups is 1. The molecule has 7 nitrogen and oxygen atoms in total. The first-order valence-electron chi connectivity index (χ1n) is 7.67. The van der Waals surface area contributed by atoms with E-state index in [0.717, 1.165) is 11.1 Å². The quantitative estimate of drug-likeness (QED) is 0.653. The van der Waals surface area contributed by atoms with Crippen LogP contribution in [0.5, 0.6) is 11.5 Å². The topological polar surface area (TPSA) is 90.7 Å². The average molecular weight is 358 g/mol. The van der Waals surface area contributed by atoms with Gasteiger partial charge in [0.05, 0.1) is 15.4 Å². The number of non-ortho nitro benzene ring substituents is 1. The van der Waals surface area contributed by atoms with Gasteiger partial charge in [-0.2, -0.15) is 0 Å². The lowest BCUT2D eigenvalue weighted by Gasteiger charge is -2.18. The highest BCUT2D eigenvalue weighted by Crippen LogP contribution is 2.48. The number of hydrogen-bond donors (Lipinski definition) is 1. The number of thioether (sulfide) groups is 1. The van der Waals surface area contributed by atoms with Crippen molar-refractivity contribution in [1.82, 2.24) is 0 Å². The molecule has 4 rings (SSSR count). The van der Waals surface area contributed by atoms with Crippen LogP contribution in [0.25, 0.3) is 0 Å². The molecule has 25 heavy (non-hydrogen) atoms. The fraction of sp³-hybridized carbons (Fsp3) is 0.235. The first-order chi connectivity index (χ1) is 12.0. The molecule has 2 heterocycles. The zero-order chi connectivity index (χ0) is 17.6. The maximum absolute atomic E-state index is 12.3. The third kappa shape index (κ3) is 2.78. The summed E-state index contributed by atoms with van der Waals surface area (Å²) >= 11 is 1.45. The molecule has 0 fully saturated rings. The number of nitrogens with zero attached hydrogens (tertiary/aromatic N) is 1. The second kappa shape index (κ2) is 5.96. The number of fused-ring (bicyclic) bond motifs is 2. The summed E-state index contributed by atoms with van der Waals surface area (Å²) in [7, 11) is 0. The largest absolute Gasteiger partial charge is 0.454 e. The van der Waals surface area contributed by atoms with Crippen LogP contribution in [0.4, 0.5) is 11.4 Å². The number of nitrogens with one attached hydrogen (secondary N) is 1. The number of benzene rings is 2. The summed E-state index contributed by atoms with van der Waals surface area (Å²) in [5, 5.41) is 13.5. The van der Waals surface area contributed by atoms with Gasteiger partial charge in [-0.3, -0.25) is 14.9 Å². The number of anilines is 1. The molecule has 2 aliphatic heterocycles. The van der Waals surface area contributed by atoms with Crippen LogP contribution in [0.1, 0.15) is 23.3 Å². The molecular formula is C17H14N2O5S. The predicted molar refractivity (Wildman–Crippen MR) is 93.2 cm³/mol. The van der Waals surface area contributed by atoms with Gasteiger partial charge in [-0.25, -0.2) is 0 Å². The Bertz CT molecular complexity index is 885. The van der Waals surface area contributed by atoms with Crippen molar-refractivity contribution in [2.75, 3.05) is 12.1 Å². The van der Waals surface area contributed by atoms with Gasteiger partial charge in [-0.1, -0.05) is 12.1 Å². The Morgan fingerprint density at radius 1 is 1.24 bits per heavy atom. The number of ether oxygens (including phenoxy) is 2. The molecule has 2 aromatic rings. The molecule has 0 saturated heterocycles. The van der Waals surface area contributed by atoms with Crippen molar-refractivity contribution in [3.8, 4) is 11.5 Å². The van der Waals surface area contributed by atoms with Crippen molar-refractivity contribution in [3.63, 3.8) is 0 Å². The van der Waals surface area contributed by atoms with E-state index in [1.54, 1.807) is 18.2 Å². The van der Waals surface area contributed by atoms with E-state index < -0.39 is 4.92 Å². The Balaban J connectivity index is 1.86. The van der Waals surface area contributed by atoms with Crippen molar-refractivity contribution >= 4 is 29.0 Å². The van der Waals surface area contributed by atoms with E-state index in [1.165, 1.54) is 17.8 Å². The lowest BCUT2D eigenvalue weighted by atomic mass is 10.0. The zero-order valence-corrected chi connectivity index (χ0v) is 14.0. The van der Waals surface area contributed by atoms with E-state index >= 15 is 0 Å². The van der Waals surface area contributed by atoms with Crippen LogP contribution >= 0.6 is 11.8 Å². The first-order valence-corrected chi connectivity index (χ1v) is 8.61. The smallest absolute Gasteiger partial charge is 0.269 e. The Morgan fingerprint density at radius 3 is 2.76 bits per heavy atom. The fourth-order valence-electron chi connectivity index (χ4n) is 2.92. The van der Waals surface area contributed by atoms with Gasteiger partial charge in [0.15, 0.2) is 11.5 Å². The summed E-state index contributed by atoms with van der Waals surface area (Å²) in [6, 6.07) is 10.1. The molecule has 2 aromatic carbocycles. The highest BCUT2D eigenvalue weighted by Gasteiger charge is 2.32. The molecule has 128 valence electrons. The van der Waals surface area contributed by atoms with Crippen molar-refractivity contribution in [2.45, 2.75) is 17.4 Å². The van der Waals surface area contributed by atoms with Crippen LogP contribution in [0.15, 0.2) is 36.4 Å². The van der Waals surface area contributed by atoms with Gasteiger partial charge in [-0.15, -0.1) is 11.8 Å². The molecule has 2 unspecified atom stereocenters. The van der Waals surface area contributed by atoms with Gasteiger partial charge in [0, 0.05) is 23.9 Å². The van der Waals surface area contributed by atoms with E-state index in [2.05, 4.69) is 5.32 Å². The number of nitro groups is 1. The molecule has 2 atom stereocenters. The lowest BCUT2D eigenvalue weighted by molar-refractivity contribution is -0.384. The van der Waals surface area contributed by atoms with E-state index in [9.17, 15) is 14.9 Å². The Morgan fingerprint density at radius 2 is 2.00 bits per heavy atom. The van der Waals surface area contributed by atoms with Crippen LogP contribution in [0, 0.1) is 10.1 Å². The predicted octanol–water partition coefficient (Wildman–Crippen LogP) is 3.49. The molecule has 0 saturated carbocycles. The van der Waals surface area contributed by atoms with E-state index in [-0.39, 0.29) is 28.9 Å². The molecule has 1 N–H and O–H groups in total. The molecule has 0 spiro atoms. The summed E-state index contributed by atoms with van der Waals surface area (Å²) in [6.07, 6.45) is 0. The second-order valence-electron chi connectivity index (χ2n) is 5.79. The zero-order valence-electron chi connectivity index (χ0n) is 13.2. The number of hydrogen-bond acceptors (Lipinski definition) is 6. The minimum absolute atomic E-state index is 0.0246. The SMILES string of the molecule is CC1SC(c2cccc([N+](=O)[O-])c2)c2cc3c(cc2NC1=O)OCO3.